The fourth-order valence-electron chi connectivity index (χ4n) is 1.09. The Morgan fingerprint density at radius 1 is 1.62 bits per heavy atom. The van der Waals surface area contributed by atoms with E-state index in [0.29, 0.717) is 5.69 Å². The van der Waals surface area contributed by atoms with E-state index >= 15 is 0 Å². The van der Waals surface area contributed by atoms with Gasteiger partial charge in [0.2, 0.25) is 6.34 Å². The zero-order chi connectivity index (χ0) is 9.47. The number of hydrogen-bond donors (Lipinski definition) is 0. The quantitative estimate of drug-likeness (QED) is 0.276. The highest BCUT2D eigenvalue weighted by Crippen LogP contribution is 2.37. The number of carbonyl (C=O) groups excluding carboxylic acids is 1. The van der Waals surface area contributed by atoms with Crippen LogP contribution in [0.3, 0.4) is 0 Å². The van der Waals surface area contributed by atoms with Gasteiger partial charge in [-0.05, 0) is 6.07 Å². The molecule has 1 aromatic heterocycles. The Bertz CT molecular complexity index is 406. The molecular weight excluding hydrogens is 194 g/mol. The molecule has 1 unspecified atom stereocenters. The Morgan fingerprint density at radius 3 is 3.08 bits per heavy atom. The zero-order valence-corrected chi connectivity index (χ0v) is 7.10. The van der Waals surface area contributed by atoms with Gasteiger partial charge < -0.3 is 5.21 Å². The van der Waals surface area contributed by atoms with E-state index in [1.165, 1.54) is 12.4 Å². The molecular formula is C7H4ClN3O2. The van der Waals surface area contributed by atoms with E-state index in [-0.39, 0.29) is 5.69 Å². The molecule has 6 heteroatoms. The highest BCUT2D eigenvalue weighted by Gasteiger charge is 2.34. The van der Waals surface area contributed by atoms with E-state index in [1.807, 2.05) is 0 Å². The van der Waals surface area contributed by atoms with Gasteiger partial charge in [0.15, 0.2) is 5.69 Å². The topological polar surface area (TPSA) is 65.4 Å². The second kappa shape index (κ2) is 2.59. The van der Waals surface area contributed by atoms with Gasteiger partial charge in [-0.1, -0.05) is 0 Å². The smallest absolute Gasteiger partial charge is 0.422 e. The molecule has 5 nitrogen and oxygen atoms in total. The van der Waals surface area contributed by atoms with E-state index < -0.39 is 10.0 Å². The molecule has 2 rings (SSSR count). The molecule has 0 saturated heterocycles. The number of carbonyl (C=O) groups is 1. The van der Waals surface area contributed by atoms with Crippen LogP contribution in [-0.4, -0.2) is 16.7 Å². The first-order valence-corrected chi connectivity index (χ1v) is 3.82. The lowest BCUT2D eigenvalue weighted by Gasteiger charge is -2.27. The number of hydroxylamine groups is 2. The first kappa shape index (κ1) is 8.31. The molecule has 2 heterocycles. The molecule has 0 N–H and O–H groups in total. The van der Waals surface area contributed by atoms with E-state index in [4.69, 9.17) is 11.6 Å². The van der Waals surface area contributed by atoms with Crippen molar-refractivity contribution in [2.75, 3.05) is 0 Å². The molecule has 0 spiro atoms. The number of aliphatic imine (C=N–C) groups is 1. The maximum absolute atomic E-state index is 11.7. The number of nitrogens with zero attached hydrogens (tertiary/aromatic N) is 3. The Morgan fingerprint density at radius 2 is 2.38 bits per heavy atom. The fourth-order valence-corrected chi connectivity index (χ4v) is 1.22. The third-order valence-electron chi connectivity index (χ3n) is 1.76. The van der Waals surface area contributed by atoms with Crippen LogP contribution in [0.2, 0.25) is 0 Å². The van der Waals surface area contributed by atoms with E-state index in [2.05, 4.69) is 9.98 Å². The van der Waals surface area contributed by atoms with Crippen molar-refractivity contribution in [3.63, 3.8) is 0 Å². The molecule has 1 aromatic rings. The highest BCUT2D eigenvalue weighted by atomic mass is 35.5. The van der Waals surface area contributed by atoms with Crippen molar-refractivity contribution >= 4 is 34.7 Å². The van der Waals surface area contributed by atoms with Crippen molar-refractivity contribution in [3.05, 3.63) is 23.7 Å². The van der Waals surface area contributed by atoms with Crippen molar-refractivity contribution < 1.29 is 4.79 Å². The number of halogens is 1. The maximum Gasteiger partial charge on any atom is 0.422 e. The third kappa shape index (κ3) is 1.06. The molecule has 0 aromatic carbocycles. The van der Waals surface area contributed by atoms with Gasteiger partial charge in [0.25, 0.3) is 0 Å². The second-order valence-corrected chi connectivity index (χ2v) is 2.84. The molecule has 1 atom stereocenters. The number of hydrogen-bond acceptors (Lipinski definition) is 4. The van der Waals surface area contributed by atoms with Crippen LogP contribution in [-0.2, 0) is 0 Å². The molecule has 0 bridgehead atoms. The summed E-state index contributed by atoms with van der Waals surface area (Å²) in [5.74, 6) is 0. The lowest BCUT2D eigenvalue weighted by atomic mass is 10.3. The minimum atomic E-state index is -1.37. The molecule has 0 fully saturated rings. The number of aromatic nitrogens is 1. The summed E-state index contributed by atoms with van der Waals surface area (Å²) in [6, 6.07) is 1.55. The van der Waals surface area contributed by atoms with Crippen LogP contribution in [0.5, 0.6) is 0 Å². The lowest BCUT2D eigenvalue weighted by molar-refractivity contribution is 0.251. The molecule has 1 aliphatic heterocycles. The maximum atomic E-state index is 11.7. The summed E-state index contributed by atoms with van der Waals surface area (Å²) in [5.41, 5.74) is 0.585. The second-order valence-electron chi connectivity index (χ2n) is 2.52. The third-order valence-corrected chi connectivity index (χ3v) is 2.01. The summed E-state index contributed by atoms with van der Waals surface area (Å²) < 4.78 is -1.37. The predicted octanol–water partition coefficient (Wildman–Crippen LogP) is 1.92. The van der Waals surface area contributed by atoms with Crippen LogP contribution in [0.1, 0.15) is 0 Å². The number of amides is 1. The van der Waals surface area contributed by atoms with Crippen LogP contribution >= 0.6 is 11.6 Å². The molecule has 0 aliphatic carbocycles. The number of pyridine rings is 1. The van der Waals surface area contributed by atoms with Crippen LogP contribution in [0.4, 0.5) is 16.2 Å². The van der Waals surface area contributed by atoms with Crippen LogP contribution in [0.15, 0.2) is 23.5 Å². The number of rotatable bonds is 0. The minimum Gasteiger partial charge on any atom is -0.612 e. The van der Waals surface area contributed by atoms with Crippen molar-refractivity contribution in [2.24, 2.45) is 4.99 Å². The lowest BCUT2D eigenvalue weighted by Crippen LogP contribution is -2.42. The van der Waals surface area contributed by atoms with Crippen molar-refractivity contribution in [2.45, 2.75) is 0 Å². The summed E-state index contributed by atoms with van der Waals surface area (Å²) >= 11 is 5.15. The minimum absolute atomic E-state index is 0.155. The van der Waals surface area contributed by atoms with Crippen LogP contribution in [0, 0.1) is 5.21 Å². The largest absolute Gasteiger partial charge is 0.612 e. The Labute approximate surface area is 78.5 Å². The number of fused-ring (bicyclic) bond motifs is 1. The average Bonchev–Trinajstić information content (AvgIpc) is 2.47. The molecule has 13 heavy (non-hydrogen) atoms. The monoisotopic (exact) mass is 197 g/mol. The summed E-state index contributed by atoms with van der Waals surface area (Å²) in [5, 5.41) is 10.6. The standard InChI is InChI=1S/C7H4ClN3O2/c8-7(12)11(13)4-10-5-1-2-9-3-6(5)11/h1-4H. The normalized spacial score (nSPS) is 24.5. The summed E-state index contributed by atoms with van der Waals surface area (Å²) in [6.45, 7) is 0. The predicted molar refractivity (Wildman–Crippen MR) is 48.8 cm³/mol. The summed E-state index contributed by atoms with van der Waals surface area (Å²) in [7, 11) is 0. The molecule has 66 valence electrons. The van der Waals surface area contributed by atoms with E-state index in [1.54, 1.807) is 6.07 Å². The Hall–Kier alpha value is -1.30. The SMILES string of the molecule is O=C(Cl)[N+]1([O-])C=Nc2ccncc21. The fraction of sp³-hybridized carbons (Fsp3) is 0. The van der Waals surface area contributed by atoms with Gasteiger partial charge in [-0.3, -0.25) is 4.98 Å². The van der Waals surface area contributed by atoms with Crippen molar-refractivity contribution in [3.8, 4) is 0 Å². The van der Waals surface area contributed by atoms with Crippen LogP contribution in [0.25, 0.3) is 0 Å². The first-order chi connectivity index (χ1) is 6.14. The van der Waals surface area contributed by atoms with E-state index in [0.717, 1.165) is 6.34 Å². The van der Waals surface area contributed by atoms with Gasteiger partial charge in [-0.25, -0.2) is 9.44 Å². The Kier molecular flexibility index (Phi) is 1.66. The van der Waals surface area contributed by atoms with Gasteiger partial charge >= 0.3 is 5.37 Å². The van der Waals surface area contributed by atoms with Crippen LogP contribution < -0.4 is 4.65 Å². The summed E-state index contributed by atoms with van der Waals surface area (Å²) in [6.07, 6.45) is 3.72. The summed E-state index contributed by atoms with van der Waals surface area (Å²) in [4.78, 5) is 18.3. The molecule has 1 amide bonds. The van der Waals surface area contributed by atoms with Crippen molar-refractivity contribution in [1.82, 2.24) is 9.63 Å². The van der Waals surface area contributed by atoms with Gasteiger partial charge in [0, 0.05) is 17.8 Å². The van der Waals surface area contributed by atoms with Gasteiger partial charge in [-0.2, -0.15) is 4.99 Å². The zero-order valence-electron chi connectivity index (χ0n) is 6.35. The molecule has 0 radical (unpaired) electrons. The Balaban J connectivity index is 2.61. The molecule has 1 aliphatic rings. The molecule has 0 saturated carbocycles. The first-order valence-electron chi connectivity index (χ1n) is 3.44. The average molecular weight is 198 g/mol. The van der Waals surface area contributed by atoms with Crippen molar-refractivity contribution in [1.29, 1.82) is 0 Å². The number of quaternary nitrogens is 1. The van der Waals surface area contributed by atoms with Gasteiger partial charge in [-0.15, -0.1) is 0 Å². The van der Waals surface area contributed by atoms with Gasteiger partial charge in [0.05, 0.1) is 6.20 Å². The van der Waals surface area contributed by atoms with Gasteiger partial charge in [0.1, 0.15) is 5.69 Å². The highest BCUT2D eigenvalue weighted by molar-refractivity contribution is 6.66. The van der Waals surface area contributed by atoms with E-state index in [9.17, 15) is 10.0 Å².